The second-order valence-electron chi connectivity index (χ2n) is 7.09. The van der Waals surface area contributed by atoms with Crippen LogP contribution < -0.4 is 10.6 Å². The largest absolute Gasteiger partial charge is 0.328 e. The molecule has 0 atom stereocenters. The lowest BCUT2D eigenvalue weighted by Gasteiger charge is -2.37. The van der Waals surface area contributed by atoms with E-state index in [0.717, 1.165) is 37.0 Å². The zero-order chi connectivity index (χ0) is 17.2. The van der Waals surface area contributed by atoms with Crippen molar-refractivity contribution in [2.75, 3.05) is 4.90 Å². The van der Waals surface area contributed by atoms with E-state index < -0.39 is 0 Å². The minimum Gasteiger partial charge on any atom is -0.328 e. The minimum absolute atomic E-state index is 0.347. The number of hydrogen-bond acceptors (Lipinski definition) is 3. The summed E-state index contributed by atoms with van der Waals surface area (Å²) in [5.41, 5.74) is 9.69. The first-order valence-corrected chi connectivity index (χ1v) is 9.18. The fraction of sp³-hybridized carbons (Fsp3) is 0.318. The maximum absolute atomic E-state index is 6.14. The summed E-state index contributed by atoms with van der Waals surface area (Å²) in [4.78, 5) is 7.42. The van der Waals surface area contributed by atoms with Crippen molar-refractivity contribution in [3.63, 3.8) is 0 Å². The molecule has 128 valence electrons. The van der Waals surface area contributed by atoms with Crippen LogP contribution in [0.25, 0.3) is 10.9 Å². The third-order valence-electron chi connectivity index (χ3n) is 5.30. The number of nitrogens with two attached hydrogens (primary N) is 1. The molecule has 0 radical (unpaired) electrons. The van der Waals surface area contributed by atoms with Gasteiger partial charge in [-0.05, 0) is 62.4 Å². The highest BCUT2D eigenvalue weighted by Crippen LogP contribution is 2.34. The molecule has 1 aliphatic rings. The Morgan fingerprint density at radius 1 is 0.920 bits per heavy atom. The first-order valence-electron chi connectivity index (χ1n) is 9.18. The summed E-state index contributed by atoms with van der Waals surface area (Å²) in [7, 11) is 0. The SMILES string of the molecule is Cc1cc(N(c2ccccc2)[C@H]2CC[C@@H](N)CC2)nc2ccccc12. The quantitative estimate of drug-likeness (QED) is 0.738. The Kier molecular flexibility index (Phi) is 4.41. The molecule has 1 fully saturated rings. The molecule has 3 nitrogen and oxygen atoms in total. The van der Waals surface area contributed by atoms with E-state index in [2.05, 4.69) is 72.5 Å². The summed E-state index contributed by atoms with van der Waals surface area (Å²) in [6.45, 7) is 2.17. The van der Waals surface area contributed by atoms with Crippen molar-refractivity contribution >= 4 is 22.4 Å². The van der Waals surface area contributed by atoms with Gasteiger partial charge in [0.25, 0.3) is 0 Å². The van der Waals surface area contributed by atoms with Crippen molar-refractivity contribution in [3.8, 4) is 0 Å². The van der Waals surface area contributed by atoms with Crippen molar-refractivity contribution < 1.29 is 0 Å². The lowest BCUT2D eigenvalue weighted by Crippen LogP contribution is -2.38. The van der Waals surface area contributed by atoms with Crippen LogP contribution in [0.1, 0.15) is 31.2 Å². The summed E-state index contributed by atoms with van der Waals surface area (Å²) in [5, 5.41) is 1.23. The van der Waals surface area contributed by atoms with E-state index in [9.17, 15) is 0 Å². The van der Waals surface area contributed by atoms with Gasteiger partial charge in [0.2, 0.25) is 0 Å². The van der Waals surface area contributed by atoms with Crippen LogP contribution in [-0.4, -0.2) is 17.1 Å². The van der Waals surface area contributed by atoms with Crippen molar-refractivity contribution in [3.05, 3.63) is 66.2 Å². The van der Waals surface area contributed by atoms with Crippen LogP contribution in [0.15, 0.2) is 60.7 Å². The molecule has 0 unspecified atom stereocenters. The predicted octanol–water partition coefficient (Wildman–Crippen LogP) is 4.95. The van der Waals surface area contributed by atoms with Gasteiger partial charge < -0.3 is 10.6 Å². The molecule has 2 aromatic carbocycles. The summed E-state index contributed by atoms with van der Waals surface area (Å²) in [6, 6.07) is 22.0. The van der Waals surface area contributed by atoms with E-state index in [4.69, 9.17) is 10.7 Å². The van der Waals surface area contributed by atoms with Crippen molar-refractivity contribution in [2.45, 2.75) is 44.7 Å². The number of benzene rings is 2. The van der Waals surface area contributed by atoms with E-state index in [1.807, 2.05) is 0 Å². The van der Waals surface area contributed by atoms with Crippen molar-refractivity contribution in [1.29, 1.82) is 0 Å². The number of pyridine rings is 1. The lowest BCUT2D eigenvalue weighted by atomic mass is 9.90. The molecule has 1 aliphatic carbocycles. The number of aryl methyl sites for hydroxylation is 1. The highest BCUT2D eigenvalue weighted by Gasteiger charge is 2.26. The fourth-order valence-electron chi connectivity index (χ4n) is 3.93. The number of fused-ring (bicyclic) bond motifs is 1. The van der Waals surface area contributed by atoms with Crippen LogP contribution in [0.2, 0.25) is 0 Å². The van der Waals surface area contributed by atoms with Gasteiger partial charge in [0.1, 0.15) is 5.82 Å². The van der Waals surface area contributed by atoms with Gasteiger partial charge in [-0.1, -0.05) is 36.4 Å². The van der Waals surface area contributed by atoms with E-state index in [1.54, 1.807) is 0 Å². The molecule has 0 aliphatic heterocycles. The van der Waals surface area contributed by atoms with Gasteiger partial charge in [0.15, 0.2) is 0 Å². The number of para-hydroxylation sites is 2. The topological polar surface area (TPSA) is 42.1 Å². The number of anilines is 2. The minimum atomic E-state index is 0.347. The first-order chi connectivity index (χ1) is 12.2. The van der Waals surface area contributed by atoms with Crippen LogP contribution in [0, 0.1) is 6.92 Å². The van der Waals surface area contributed by atoms with Crippen molar-refractivity contribution in [2.24, 2.45) is 5.73 Å². The second kappa shape index (κ2) is 6.85. The average Bonchev–Trinajstić information content (AvgIpc) is 2.65. The molecular formula is C22H25N3. The Hall–Kier alpha value is -2.39. The zero-order valence-corrected chi connectivity index (χ0v) is 14.7. The third kappa shape index (κ3) is 3.24. The highest BCUT2D eigenvalue weighted by molar-refractivity contribution is 5.84. The molecule has 4 rings (SSSR count). The van der Waals surface area contributed by atoms with Crippen LogP contribution in [0.4, 0.5) is 11.5 Å². The molecule has 0 saturated heterocycles. The van der Waals surface area contributed by atoms with Gasteiger partial charge in [-0.25, -0.2) is 4.98 Å². The van der Waals surface area contributed by atoms with E-state index in [1.165, 1.54) is 16.6 Å². The van der Waals surface area contributed by atoms with Gasteiger partial charge in [-0.3, -0.25) is 0 Å². The Morgan fingerprint density at radius 2 is 1.60 bits per heavy atom. The molecule has 1 aromatic heterocycles. The molecular weight excluding hydrogens is 306 g/mol. The van der Waals surface area contributed by atoms with Crippen LogP contribution >= 0.6 is 0 Å². The molecule has 25 heavy (non-hydrogen) atoms. The zero-order valence-electron chi connectivity index (χ0n) is 14.7. The average molecular weight is 331 g/mol. The Bertz CT molecular complexity index is 852. The van der Waals surface area contributed by atoms with Gasteiger partial charge in [0.05, 0.1) is 5.52 Å². The van der Waals surface area contributed by atoms with Crippen LogP contribution in [-0.2, 0) is 0 Å². The van der Waals surface area contributed by atoms with Crippen LogP contribution in [0.5, 0.6) is 0 Å². The van der Waals surface area contributed by atoms with E-state index >= 15 is 0 Å². The van der Waals surface area contributed by atoms with E-state index in [-0.39, 0.29) is 0 Å². The summed E-state index contributed by atoms with van der Waals surface area (Å²) < 4.78 is 0. The summed E-state index contributed by atoms with van der Waals surface area (Å²) >= 11 is 0. The smallest absolute Gasteiger partial charge is 0.134 e. The number of hydrogen-bond donors (Lipinski definition) is 1. The molecule has 0 spiro atoms. The van der Waals surface area contributed by atoms with Gasteiger partial charge in [0, 0.05) is 23.2 Å². The number of nitrogens with zero attached hydrogens (tertiary/aromatic N) is 2. The van der Waals surface area contributed by atoms with Gasteiger partial charge in [-0.2, -0.15) is 0 Å². The maximum Gasteiger partial charge on any atom is 0.134 e. The lowest BCUT2D eigenvalue weighted by molar-refractivity contribution is 0.390. The second-order valence-corrected chi connectivity index (χ2v) is 7.09. The normalized spacial score (nSPS) is 20.6. The molecule has 1 saturated carbocycles. The number of aromatic nitrogens is 1. The number of rotatable bonds is 3. The van der Waals surface area contributed by atoms with Crippen molar-refractivity contribution in [1.82, 2.24) is 4.98 Å². The third-order valence-corrected chi connectivity index (χ3v) is 5.30. The molecule has 2 N–H and O–H groups in total. The standard InChI is InChI=1S/C22H25N3/c1-16-15-22(24-21-10-6-5-9-20(16)21)25(18-7-3-2-4-8-18)19-13-11-17(23)12-14-19/h2-10,15,17,19H,11-14,23H2,1H3/t17-,19+. The molecule has 3 aromatic rings. The van der Waals surface area contributed by atoms with Gasteiger partial charge >= 0.3 is 0 Å². The molecule has 0 amide bonds. The molecule has 3 heteroatoms. The van der Waals surface area contributed by atoms with E-state index in [0.29, 0.717) is 12.1 Å². The maximum atomic E-state index is 6.14. The van der Waals surface area contributed by atoms with Crippen LogP contribution in [0.3, 0.4) is 0 Å². The molecule has 1 heterocycles. The highest BCUT2D eigenvalue weighted by atomic mass is 15.2. The summed E-state index contributed by atoms with van der Waals surface area (Å²) in [6.07, 6.45) is 4.40. The Balaban J connectivity index is 1.80. The Morgan fingerprint density at radius 3 is 2.36 bits per heavy atom. The predicted molar refractivity (Wildman–Crippen MR) is 105 cm³/mol. The fourth-order valence-corrected chi connectivity index (χ4v) is 3.93. The monoisotopic (exact) mass is 331 g/mol. The van der Waals surface area contributed by atoms with Gasteiger partial charge in [-0.15, -0.1) is 0 Å². The summed E-state index contributed by atoms with van der Waals surface area (Å²) in [5.74, 6) is 1.04. The first kappa shape index (κ1) is 16.1. The molecule has 0 bridgehead atoms. The Labute approximate surface area is 149 Å².